The van der Waals surface area contributed by atoms with Crippen LogP contribution in [0.1, 0.15) is 43.6 Å². The van der Waals surface area contributed by atoms with E-state index in [-0.39, 0.29) is 0 Å². The molecule has 2 heteroatoms. The molecule has 0 aliphatic heterocycles. The summed E-state index contributed by atoms with van der Waals surface area (Å²) in [6.45, 7) is 0. The van der Waals surface area contributed by atoms with E-state index in [9.17, 15) is 4.79 Å². The third-order valence-electron chi connectivity index (χ3n) is 4.69. The van der Waals surface area contributed by atoms with E-state index in [1.165, 1.54) is 18.4 Å². The van der Waals surface area contributed by atoms with Crippen molar-refractivity contribution >= 4 is 5.78 Å². The number of methoxy groups -OCH3 is 1. The van der Waals surface area contributed by atoms with Gasteiger partial charge in [0.05, 0.1) is 7.11 Å². The van der Waals surface area contributed by atoms with Crippen LogP contribution in [-0.4, -0.2) is 12.9 Å². The molecule has 0 spiro atoms. The second-order valence-corrected chi connectivity index (χ2v) is 5.67. The van der Waals surface area contributed by atoms with Crippen LogP contribution in [0.4, 0.5) is 0 Å². The van der Waals surface area contributed by atoms with E-state index < -0.39 is 0 Å². The van der Waals surface area contributed by atoms with Gasteiger partial charge in [-0.05, 0) is 55.2 Å². The van der Waals surface area contributed by atoms with Crippen molar-refractivity contribution in [1.82, 2.24) is 0 Å². The van der Waals surface area contributed by atoms with Gasteiger partial charge >= 0.3 is 0 Å². The molecule has 0 bridgehead atoms. The van der Waals surface area contributed by atoms with Gasteiger partial charge in [0.2, 0.25) is 0 Å². The van der Waals surface area contributed by atoms with Crippen LogP contribution in [0.15, 0.2) is 24.3 Å². The van der Waals surface area contributed by atoms with Crippen molar-refractivity contribution in [2.24, 2.45) is 11.8 Å². The van der Waals surface area contributed by atoms with Crippen molar-refractivity contribution in [3.63, 3.8) is 0 Å². The van der Waals surface area contributed by atoms with Gasteiger partial charge in [-0.15, -0.1) is 0 Å². The molecule has 0 unspecified atom stereocenters. The molecule has 96 valence electrons. The van der Waals surface area contributed by atoms with E-state index in [0.29, 0.717) is 23.5 Å². The maximum Gasteiger partial charge on any atom is 0.136 e. The van der Waals surface area contributed by atoms with E-state index in [1.807, 2.05) is 12.1 Å². The lowest BCUT2D eigenvalue weighted by Gasteiger charge is -2.22. The van der Waals surface area contributed by atoms with Crippen LogP contribution in [-0.2, 0) is 4.79 Å². The Morgan fingerprint density at radius 1 is 1.17 bits per heavy atom. The molecule has 1 aromatic rings. The summed E-state index contributed by atoms with van der Waals surface area (Å²) < 4.78 is 5.19. The van der Waals surface area contributed by atoms with Gasteiger partial charge in [0, 0.05) is 12.3 Å². The lowest BCUT2D eigenvalue weighted by atomic mass is 9.81. The van der Waals surface area contributed by atoms with Gasteiger partial charge < -0.3 is 4.74 Å². The van der Waals surface area contributed by atoms with E-state index in [1.54, 1.807) is 7.11 Å². The van der Waals surface area contributed by atoms with Crippen LogP contribution in [0.2, 0.25) is 0 Å². The number of Topliss-reactive ketones (excluding diaryl/α,β-unsaturated/α-hetero) is 1. The van der Waals surface area contributed by atoms with Gasteiger partial charge in [0.15, 0.2) is 0 Å². The normalized spacial score (nSPS) is 31.2. The first-order chi connectivity index (χ1) is 8.78. The molecule has 0 N–H and O–H groups in total. The fourth-order valence-corrected chi connectivity index (χ4v) is 3.71. The number of hydrogen-bond donors (Lipinski definition) is 0. The van der Waals surface area contributed by atoms with Crippen molar-refractivity contribution in [2.75, 3.05) is 7.11 Å². The molecule has 0 aromatic heterocycles. The van der Waals surface area contributed by atoms with Crippen LogP contribution in [0.5, 0.6) is 5.75 Å². The summed E-state index contributed by atoms with van der Waals surface area (Å²) in [5.41, 5.74) is 1.37. The average Bonchev–Trinajstić information content (AvgIpc) is 2.84. The number of carbonyl (C=O) groups excluding carboxylic acids is 1. The summed E-state index contributed by atoms with van der Waals surface area (Å²) in [5.74, 6) is 3.00. The highest BCUT2D eigenvalue weighted by Crippen LogP contribution is 2.47. The first kappa shape index (κ1) is 11.8. The first-order valence-corrected chi connectivity index (χ1v) is 6.94. The third kappa shape index (κ3) is 2.05. The Balaban J connectivity index is 1.76. The Morgan fingerprint density at radius 2 is 1.94 bits per heavy atom. The molecule has 2 aliphatic carbocycles. The minimum atomic E-state index is 0.353. The van der Waals surface area contributed by atoms with E-state index in [0.717, 1.165) is 25.0 Å². The molecule has 1 aromatic carbocycles. The van der Waals surface area contributed by atoms with Crippen LogP contribution in [0.25, 0.3) is 0 Å². The van der Waals surface area contributed by atoms with E-state index in [2.05, 4.69) is 12.1 Å². The second-order valence-electron chi connectivity index (χ2n) is 5.67. The van der Waals surface area contributed by atoms with Crippen molar-refractivity contribution < 1.29 is 9.53 Å². The summed E-state index contributed by atoms with van der Waals surface area (Å²) in [4.78, 5) is 11.9. The molecule has 0 heterocycles. The standard InChI is InChI=1S/C16H20O2/c1-18-14-7-5-11(6-8-14)13-9-12-3-2-4-16(17)15(12)10-13/h5-8,12-13,15H,2-4,9-10H2,1H3/t12-,13+,15-/m0/s1. The Hall–Kier alpha value is -1.31. The van der Waals surface area contributed by atoms with Crippen molar-refractivity contribution in [1.29, 1.82) is 0 Å². The molecule has 0 radical (unpaired) electrons. The molecule has 3 atom stereocenters. The van der Waals surface area contributed by atoms with Gasteiger partial charge in [-0.1, -0.05) is 12.1 Å². The predicted octanol–water partition coefficient (Wildman–Crippen LogP) is 3.56. The number of ketones is 1. The Kier molecular flexibility index (Phi) is 3.11. The molecule has 0 amide bonds. The highest BCUT2D eigenvalue weighted by Gasteiger charge is 2.40. The van der Waals surface area contributed by atoms with Crippen LogP contribution in [0, 0.1) is 11.8 Å². The highest BCUT2D eigenvalue weighted by molar-refractivity contribution is 5.82. The monoisotopic (exact) mass is 244 g/mol. The second kappa shape index (κ2) is 4.75. The fraction of sp³-hybridized carbons (Fsp3) is 0.562. The maximum absolute atomic E-state index is 11.9. The Bertz CT molecular complexity index is 435. The van der Waals surface area contributed by atoms with E-state index in [4.69, 9.17) is 4.74 Å². The fourth-order valence-electron chi connectivity index (χ4n) is 3.71. The van der Waals surface area contributed by atoms with Gasteiger partial charge in [0.25, 0.3) is 0 Å². The topological polar surface area (TPSA) is 26.3 Å². The molecule has 2 fully saturated rings. The number of fused-ring (bicyclic) bond motifs is 1. The molecule has 0 saturated heterocycles. The minimum Gasteiger partial charge on any atom is -0.497 e. The van der Waals surface area contributed by atoms with Crippen molar-refractivity contribution in [3.8, 4) is 5.75 Å². The number of rotatable bonds is 2. The zero-order chi connectivity index (χ0) is 12.5. The van der Waals surface area contributed by atoms with Crippen molar-refractivity contribution in [2.45, 2.75) is 38.0 Å². The molecule has 2 saturated carbocycles. The molecular formula is C16H20O2. The smallest absolute Gasteiger partial charge is 0.136 e. The van der Waals surface area contributed by atoms with Crippen LogP contribution < -0.4 is 4.74 Å². The number of hydrogen-bond acceptors (Lipinski definition) is 2. The SMILES string of the molecule is COc1ccc([C@@H]2C[C@@H]3CCCC(=O)[C@H]3C2)cc1. The lowest BCUT2D eigenvalue weighted by Crippen LogP contribution is -2.23. The summed E-state index contributed by atoms with van der Waals surface area (Å²) in [7, 11) is 1.69. The van der Waals surface area contributed by atoms with Gasteiger partial charge in [-0.25, -0.2) is 0 Å². The van der Waals surface area contributed by atoms with Crippen LogP contribution >= 0.6 is 0 Å². The minimum absolute atomic E-state index is 0.353. The number of benzene rings is 1. The molecular weight excluding hydrogens is 224 g/mol. The first-order valence-electron chi connectivity index (χ1n) is 6.94. The predicted molar refractivity (Wildman–Crippen MR) is 70.8 cm³/mol. The molecule has 2 nitrogen and oxygen atoms in total. The molecule has 2 aliphatic rings. The Morgan fingerprint density at radius 3 is 2.61 bits per heavy atom. The number of carbonyl (C=O) groups is 1. The maximum atomic E-state index is 11.9. The summed E-state index contributed by atoms with van der Waals surface area (Å²) in [5, 5.41) is 0. The Labute approximate surface area is 108 Å². The van der Waals surface area contributed by atoms with Crippen LogP contribution in [0.3, 0.4) is 0 Å². The summed E-state index contributed by atoms with van der Waals surface area (Å²) in [6, 6.07) is 8.37. The van der Waals surface area contributed by atoms with Crippen molar-refractivity contribution in [3.05, 3.63) is 29.8 Å². The quantitative estimate of drug-likeness (QED) is 0.795. The van der Waals surface area contributed by atoms with Gasteiger partial charge in [0.1, 0.15) is 11.5 Å². The zero-order valence-electron chi connectivity index (χ0n) is 10.9. The highest BCUT2D eigenvalue weighted by atomic mass is 16.5. The van der Waals surface area contributed by atoms with E-state index >= 15 is 0 Å². The van der Waals surface area contributed by atoms with Gasteiger partial charge in [-0.2, -0.15) is 0 Å². The largest absolute Gasteiger partial charge is 0.497 e. The summed E-state index contributed by atoms with van der Waals surface area (Å²) >= 11 is 0. The molecule has 3 rings (SSSR count). The average molecular weight is 244 g/mol. The lowest BCUT2D eigenvalue weighted by molar-refractivity contribution is -0.125. The zero-order valence-corrected chi connectivity index (χ0v) is 10.9. The molecule has 18 heavy (non-hydrogen) atoms. The number of ether oxygens (including phenoxy) is 1. The summed E-state index contributed by atoms with van der Waals surface area (Å²) in [6.07, 6.45) is 5.44. The third-order valence-corrected chi connectivity index (χ3v) is 4.69. The van der Waals surface area contributed by atoms with Gasteiger partial charge in [-0.3, -0.25) is 4.79 Å².